The zero-order valence-electron chi connectivity index (χ0n) is 18.1. The highest BCUT2D eigenvalue weighted by molar-refractivity contribution is 6.32. The number of halogens is 2. The van der Waals surface area contributed by atoms with Crippen molar-refractivity contribution < 1.29 is 4.79 Å². The van der Waals surface area contributed by atoms with Crippen LogP contribution in [0.3, 0.4) is 0 Å². The molecule has 0 radical (unpaired) electrons. The number of carbonyl (C=O) groups is 1. The smallest absolute Gasteiger partial charge is 0.234 e. The average molecular weight is 453 g/mol. The summed E-state index contributed by atoms with van der Waals surface area (Å²) in [4.78, 5) is 13.4. The minimum Gasteiger partial charge on any atom is -0.325 e. The van der Waals surface area contributed by atoms with Gasteiger partial charge in [-0.25, -0.2) is 0 Å². The lowest BCUT2D eigenvalue weighted by Crippen LogP contribution is -2.37. The number of hydrogen-bond acceptors (Lipinski definition) is 2. The molecule has 0 aliphatic heterocycles. The van der Waals surface area contributed by atoms with Crippen molar-refractivity contribution in [2.75, 3.05) is 5.32 Å². The van der Waals surface area contributed by atoms with Crippen molar-refractivity contribution >= 4 is 34.8 Å². The van der Waals surface area contributed by atoms with Crippen molar-refractivity contribution in [2.45, 2.75) is 46.0 Å². The van der Waals surface area contributed by atoms with Gasteiger partial charge in [-0.3, -0.25) is 4.79 Å². The van der Waals surface area contributed by atoms with Gasteiger partial charge >= 0.3 is 0 Å². The maximum Gasteiger partial charge on any atom is 0.234 e. The van der Waals surface area contributed by atoms with Gasteiger partial charge in [-0.2, -0.15) is 5.26 Å². The minimum absolute atomic E-state index is 0.00651. The number of nitriles is 1. The summed E-state index contributed by atoms with van der Waals surface area (Å²) in [6, 6.07) is 13.2. The molecule has 2 bridgehead atoms. The first-order valence-electron chi connectivity index (χ1n) is 10.6. The van der Waals surface area contributed by atoms with E-state index < -0.39 is 11.3 Å². The van der Waals surface area contributed by atoms with Crippen molar-refractivity contribution in [3.63, 3.8) is 0 Å². The molecule has 3 unspecified atom stereocenters. The van der Waals surface area contributed by atoms with Crippen LogP contribution in [0, 0.1) is 35.0 Å². The predicted molar refractivity (Wildman–Crippen MR) is 126 cm³/mol. The summed E-state index contributed by atoms with van der Waals surface area (Å²) in [7, 11) is 0. The van der Waals surface area contributed by atoms with Crippen molar-refractivity contribution in [3.05, 3.63) is 75.3 Å². The molecule has 5 heteroatoms. The molecule has 2 aromatic carbocycles. The maximum atomic E-state index is 13.4. The fraction of sp³-hybridized carbons (Fsp3) is 0.385. The molecule has 2 fully saturated rings. The number of nitrogens with one attached hydrogen (secondary N) is 1. The number of amides is 1. The molecule has 31 heavy (non-hydrogen) atoms. The number of carbonyl (C=O) groups excluding carboxylic acids is 1. The van der Waals surface area contributed by atoms with Gasteiger partial charge in [0.1, 0.15) is 0 Å². The Balaban J connectivity index is 1.62. The first-order valence-corrected chi connectivity index (χ1v) is 11.3. The molecule has 2 aliphatic carbocycles. The van der Waals surface area contributed by atoms with Gasteiger partial charge in [0.15, 0.2) is 0 Å². The molecule has 2 saturated carbocycles. The summed E-state index contributed by atoms with van der Waals surface area (Å²) >= 11 is 12.6. The molecule has 2 aliphatic rings. The molecule has 0 heterocycles. The van der Waals surface area contributed by atoms with E-state index in [9.17, 15) is 10.1 Å². The van der Waals surface area contributed by atoms with Crippen LogP contribution in [0.15, 0.2) is 48.6 Å². The van der Waals surface area contributed by atoms with E-state index in [1.54, 1.807) is 18.2 Å². The normalized spacial score (nSPS) is 24.6. The Bertz CT molecular complexity index is 1110. The number of anilines is 1. The van der Waals surface area contributed by atoms with Gasteiger partial charge in [0.25, 0.3) is 0 Å². The zero-order valence-corrected chi connectivity index (χ0v) is 19.6. The molecule has 3 atom stereocenters. The third-order valence-corrected chi connectivity index (χ3v) is 8.14. The summed E-state index contributed by atoms with van der Waals surface area (Å²) in [5, 5.41) is 14.0. The van der Waals surface area contributed by atoms with Gasteiger partial charge in [-0.05, 0) is 72.4 Å². The van der Waals surface area contributed by atoms with E-state index in [0.717, 1.165) is 36.0 Å². The van der Waals surface area contributed by atoms with E-state index in [2.05, 4.69) is 31.8 Å². The van der Waals surface area contributed by atoms with Crippen LogP contribution in [0.1, 0.15) is 55.7 Å². The number of rotatable bonds is 4. The summed E-state index contributed by atoms with van der Waals surface area (Å²) in [6.45, 7) is 10.6. The van der Waals surface area contributed by atoms with E-state index in [4.69, 9.17) is 23.2 Å². The van der Waals surface area contributed by atoms with Crippen LogP contribution in [0.4, 0.5) is 5.69 Å². The zero-order chi connectivity index (χ0) is 22.6. The third-order valence-electron chi connectivity index (χ3n) is 7.56. The highest BCUT2D eigenvalue weighted by Crippen LogP contribution is 2.65. The SMILES string of the molecule is C=C1C2(C(=O)Nc3cc(Cl)c(C(C#N)c4ccc(Cl)cc4)cc3C)CCC(C2)C1(C)C. The Hall–Kier alpha value is -2.28. The summed E-state index contributed by atoms with van der Waals surface area (Å²) < 4.78 is 0. The lowest BCUT2D eigenvalue weighted by molar-refractivity contribution is -0.123. The first kappa shape index (κ1) is 21.9. The van der Waals surface area contributed by atoms with Gasteiger partial charge in [0.05, 0.1) is 17.4 Å². The fourth-order valence-corrected chi connectivity index (χ4v) is 5.82. The van der Waals surface area contributed by atoms with E-state index in [0.29, 0.717) is 27.2 Å². The van der Waals surface area contributed by atoms with E-state index >= 15 is 0 Å². The maximum absolute atomic E-state index is 13.4. The van der Waals surface area contributed by atoms with E-state index in [1.165, 1.54) is 0 Å². The fourth-order valence-electron chi connectivity index (χ4n) is 5.42. The third kappa shape index (κ3) is 3.47. The highest BCUT2D eigenvalue weighted by atomic mass is 35.5. The Morgan fingerprint density at radius 3 is 2.52 bits per heavy atom. The quantitative estimate of drug-likeness (QED) is 0.495. The molecule has 0 spiro atoms. The Kier molecular flexibility index (Phi) is 5.44. The van der Waals surface area contributed by atoms with Crippen molar-refractivity contribution in [2.24, 2.45) is 16.7 Å². The number of fused-ring (bicyclic) bond motifs is 2. The topological polar surface area (TPSA) is 52.9 Å². The molecular formula is C26H26Cl2N2O. The number of nitrogens with zero attached hydrogens (tertiary/aromatic N) is 1. The largest absolute Gasteiger partial charge is 0.325 e. The number of aryl methyl sites for hydroxylation is 1. The Labute approximate surface area is 194 Å². The van der Waals surface area contributed by atoms with Crippen LogP contribution in [0.25, 0.3) is 0 Å². The van der Waals surface area contributed by atoms with Gasteiger partial charge < -0.3 is 5.32 Å². The average Bonchev–Trinajstić information content (AvgIpc) is 3.26. The Morgan fingerprint density at radius 2 is 1.94 bits per heavy atom. The van der Waals surface area contributed by atoms with Crippen LogP contribution in [0.2, 0.25) is 10.0 Å². The molecule has 160 valence electrons. The second kappa shape index (κ2) is 7.69. The molecule has 4 rings (SSSR count). The predicted octanol–water partition coefficient (Wildman–Crippen LogP) is 7.28. The monoisotopic (exact) mass is 452 g/mol. The molecule has 0 saturated heterocycles. The highest BCUT2D eigenvalue weighted by Gasteiger charge is 2.60. The van der Waals surface area contributed by atoms with Crippen molar-refractivity contribution in [3.8, 4) is 6.07 Å². The van der Waals surface area contributed by atoms with E-state index in [-0.39, 0.29) is 11.3 Å². The molecule has 1 N–H and O–H groups in total. The van der Waals surface area contributed by atoms with Gasteiger partial charge in [0, 0.05) is 15.7 Å². The van der Waals surface area contributed by atoms with Crippen LogP contribution in [0.5, 0.6) is 0 Å². The van der Waals surface area contributed by atoms with Crippen LogP contribution in [-0.2, 0) is 4.79 Å². The minimum atomic E-state index is -0.516. The summed E-state index contributed by atoms with van der Waals surface area (Å²) in [5.74, 6) is -0.00147. The van der Waals surface area contributed by atoms with Crippen LogP contribution in [-0.4, -0.2) is 5.91 Å². The molecular weight excluding hydrogens is 427 g/mol. The van der Waals surface area contributed by atoms with Crippen molar-refractivity contribution in [1.29, 1.82) is 5.26 Å². The summed E-state index contributed by atoms with van der Waals surface area (Å²) in [5.41, 5.74) is 3.63. The second-order valence-electron chi connectivity index (χ2n) is 9.48. The number of benzene rings is 2. The number of hydrogen-bond donors (Lipinski definition) is 1. The van der Waals surface area contributed by atoms with Gasteiger partial charge in [0.2, 0.25) is 5.91 Å². The summed E-state index contributed by atoms with van der Waals surface area (Å²) in [6.07, 6.45) is 2.77. The standard InChI is InChI=1S/C26H26Cl2N2O/c1-15-11-20(21(14-29)17-5-7-19(27)8-6-17)22(28)12-23(15)30-24(31)26-10-9-18(13-26)25(3,4)16(26)2/h5-8,11-12,18,21H,2,9-10,13H2,1,3-4H3,(H,30,31). The van der Waals surface area contributed by atoms with Gasteiger partial charge in [-0.15, -0.1) is 0 Å². The second-order valence-corrected chi connectivity index (χ2v) is 10.3. The molecule has 3 nitrogen and oxygen atoms in total. The van der Waals surface area contributed by atoms with Crippen LogP contribution < -0.4 is 5.32 Å². The first-order chi connectivity index (χ1) is 14.6. The lowest BCUT2D eigenvalue weighted by Gasteiger charge is -2.37. The molecule has 2 aromatic rings. The lowest BCUT2D eigenvalue weighted by atomic mass is 9.68. The van der Waals surface area contributed by atoms with E-state index in [1.807, 2.05) is 25.1 Å². The van der Waals surface area contributed by atoms with Gasteiger partial charge in [-0.1, -0.05) is 67.4 Å². The molecule has 0 aromatic heterocycles. The van der Waals surface area contributed by atoms with Crippen LogP contribution >= 0.6 is 23.2 Å². The molecule has 1 amide bonds. The van der Waals surface area contributed by atoms with Crippen molar-refractivity contribution in [1.82, 2.24) is 0 Å². The Morgan fingerprint density at radius 1 is 1.26 bits per heavy atom.